The van der Waals surface area contributed by atoms with Crippen molar-refractivity contribution >= 4 is 17.3 Å². The largest absolute Gasteiger partial charge is 0.480 e. The van der Waals surface area contributed by atoms with E-state index in [-0.39, 0.29) is 0 Å². The van der Waals surface area contributed by atoms with E-state index in [1.165, 1.54) is 16.0 Å². The van der Waals surface area contributed by atoms with Gasteiger partial charge in [-0.2, -0.15) is 0 Å². The highest BCUT2D eigenvalue weighted by molar-refractivity contribution is 7.13. The average molecular weight is 252 g/mol. The molecule has 0 radical (unpaired) electrons. The fraction of sp³-hybridized carbons (Fsp3) is 0.400. The molecule has 0 aliphatic heterocycles. The molecule has 2 rings (SSSR count). The van der Waals surface area contributed by atoms with E-state index < -0.39 is 12.0 Å². The van der Waals surface area contributed by atoms with Gasteiger partial charge in [-0.15, -0.1) is 16.4 Å². The van der Waals surface area contributed by atoms with Gasteiger partial charge in [0.05, 0.1) is 4.88 Å². The van der Waals surface area contributed by atoms with Crippen molar-refractivity contribution in [1.82, 2.24) is 20.2 Å². The number of rotatable bonds is 5. The van der Waals surface area contributed by atoms with Crippen LogP contribution in [-0.2, 0) is 4.79 Å². The van der Waals surface area contributed by atoms with E-state index >= 15 is 0 Å². The normalized spacial score (nSPS) is 12.5. The fourth-order valence-electron chi connectivity index (χ4n) is 1.60. The van der Waals surface area contributed by atoms with Crippen LogP contribution in [0, 0.1) is 0 Å². The summed E-state index contributed by atoms with van der Waals surface area (Å²) in [5, 5.41) is 22.3. The van der Waals surface area contributed by atoms with E-state index in [0.29, 0.717) is 12.2 Å². The van der Waals surface area contributed by atoms with Crippen molar-refractivity contribution in [2.45, 2.75) is 25.8 Å². The highest BCUT2D eigenvalue weighted by Gasteiger charge is 2.24. The van der Waals surface area contributed by atoms with Crippen LogP contribution in [0.15, 0.2) is 17.5 Å². The molecule has 6 nitrogen and oxygen atoms in total. The Morgan fingerprint density at radius 2 is 2.47 bits per heavy atom. The molecule has 0 bridgehead atoms. The fourth-order valence-corrected chi connectivity index (χ4v) is 2.30. The molecule has 2 aromatic rings. The van der Waals surface area contributed by atoms with Gasteiger partial charge in [-0.25, -0.2) is 9.48 Å². The molecule has 0 saturated heterocycles. The van der Waals surface area contributed by atoms with Gasteiger partial charge >= 0.3 is 5.97 Å². The summed E-state index contributed by atoms with van der Waals surface area (Å²) < 4.78 is 1.39. The molecule has 0 amide bonds. The molecule has 1 N–H and O–H groups in total. The molecule has 0 spiro atoms. The van der Waals surface area contributed by atoms with Crippen LogP contribution in [0.4, 0.5) is 0 Å². The van der Waals surface area contributed by atoms with Gasteiger partial charge in [-0.05, 0) is 28.3 Å². The number of carboxylic acids is 1. The third-order valence-electron chi connectivity index (χ3n) is 2.38. The summed E-state index contributed by atoms with van der Waals surface area (Å²) in [5.41, 5.74) is 0. The Morgan fingerprint density at radius 3 is 3.06 bits per heavy atom. The highest BCUT2D eigenvalue weighted by Crippen LogP contribution is 2.25. The van der Waals surface area contributed by atoms with E-state index in [1.54, 1.807) is 0 Å². The topological polar surface area (TPSA) is 80.9 Å². The minimum Gasteiger partial charge on any atom is -0.480 e. The summed E-state index contributed by atoms with van der Waals surface area (Å²) in [5.74, 6) is -0.391. The van der Waals surface area contributed by atoms with Crippen LogP contribution in [0.3, 0.4) is 0 Å². The zero-order chi connectivity index (χ0) is 12.3. The molecule has 1 unspecified atom stereocenters. The number of thiophene rings is 1. The molecule has 1 atom stereocenters. The van der Waals surface area contributed by atoms with Gasteiger partial charge in [0.25, 0.3) is 0 Å². The molecule has 90 valence electrons. The van der Waals surface area contributed by atoms with Gasteiger partial charge in [0, 0.05) is 0 Å². The standard InChI is InChI=1S/C10H12N4O2S/c1-2-4-7(10(15)16)14-9(11-12-13-14)8-5-3-6-17-8/h3,5-7H,2,4H2,1H3,(H,15,16). The molecule has 2 aromatic heterocycles. The van der Waals surface area contributed by atoms with E-state index in [0.717, 1.165) is 11.3 Å². The number of hydrogen-bond acceptors (Lipinski definition) is 5. The monoisotopic (exact) mass is 252 g/mol. The average Bonchev–Trinajstić information content (AvgIpc) is 2.95. The molecule has 0 aliphatic carbocycles. The van der Waals surface area contributed by atoms with Crippen LogP contribution < -0.4 is 0 Å². The first-order valence-electron chi connectivity index (χ1n) is 5.28. The third-order valence-corrected chi connectivity index (χ3v) is 3.24. The van der Waals surface area contributed by atoms with Crippen LogP contribution in [0.1, 0.15) is 25.8 Å². The quantitative estimate of drug-likeness (QED) is 0.878. The molecule has 0 aliphatic rings. The van der Waals surface area contributed by atoms with Crippen molar-refractivity contribution in [1.29, 1.82) is 0 Å². The lowest BCUT2D eigenvalue weighted by Gasteiger charge is -2.11. The first-order chi connectivity index (χ1) is 8.24. The number of carbonyl (C=O) groups is 1. The van der Waals surface area contributed by atoms with Crippen LogP contribution in [0.25, 0.3) is 10.7 Å². The number of aliphatic carboxylic acids is 1. The smallest absolute Gasteiger partial charge is 0.328 e. The minimum absolute atomic E-state index is 0.513. The maximum absolute atomic E-state index is 11.2. The molecular formula is C10H12N4O2S. The van der Waals surface area contributed by atoms with E-state index in [4.69, 9.17) is 0 Å². The second-order valence-electron chi connectivity index (χ2n) is 3.57. The number of nitrogens with zero attached hydrogens (tertiary/aromatic N) is 4. The van der Waals surface area contributed by atoms with Crippen LogP contribution >= 0.6 is 11.3 Å². The molecule has 17 heavy (non-hydrogen) atoms. The second-order valence-corrected chi connectivity index (χ2v) is 4.51. The lowest BCUT2D eigenvalue weighted by atomic mass is 10.2. The summed E-state index contributed by atoms with van der Waals surface area (Å²) in [6, 6.07) is 3.05. The van der Waals surface area contributed by atoms with Crippen molar-refractivity contribution in [3.63, 3.8) is 0 Å². The Labute approximate surface area is 102 Å². The predicted octanol–water partition coefficient (Wildman–Crippen LogP) is 1.83. The first-order valence-corrected chi connectivity index (χ1v) is 6.16. The molecule has 2 heterocycles. The van der Waals surface area contributed by atoms with E-state index in [2.05, 4.69) is 15.5 Å². The van der Waals surface area contributed by atoms with Crippen molar-refractivity contribution in [3.05, 3.63) is 17.5 Å². The zero-order valence-corrected chi connectivity index (χ0v) is 10.1. The van der Waals surface area contributed by atoms with Gasteiger partial charge in [0.15, 0.2) is 11.9 Å². The van der Waals surface area contributed by atoms with Gasteiger partial charge in [-0.3, -0.25) is 0 Å². The molecule has 0 aromatic carbocycles. The lowest BCUT2D eigenvalue weighted by molar-refractivity contribution is -0.141. The Bertz CT molecular complexity index is 494. The summed E-state index contributed by atoms with van der Waals surface area (Å²) in [7, 11) is 0. The maximum Gasteiger partial charge on any atom is 0.328 e. The lowest BCUT2D eigenvalue weighted by Crippen LogP contribution is -2.21. The summed E-state index contributed by atoms with van der Waals surface area (Å²) in [6.45, 7) is 1.94. The van der Waals surface area contributed by atoms with E-state index in [1.807, 2.05) is 24.4 Å². The summed E-state index contributed by atoms with van der Waals surface area (Å²) in [4.78, 5) is 12.1. The second kappa shape index (κ2) is 5.05. The number of aromatic nitrogens is 4. The summed E-state index contributed by atoms with van der Waals surface area (Å²) in [6.07, 6.45) is 1.28. The Morgan fingerprint density at radius 1 is 1.65 bits per heavy atom. The van der Waals surface area contributed by atoms with Gasteiger partial charge < -0.3 is 5.11 Å². The van der Waals surface area contributed by atoms with Crippen molar-refractivity contribution in [2.24, 2.45) is 0 Å². The maximum atomic E-state index is 11.2. The van der Waals surface area contributed by atoms with Crippen molar-refractivity contribution < 1.29 is 9.90 Å². The summed E-state index contributed by atoms with van der Waals surface area (Å²) >= 11 is 1.49. The van der Waals surface area contributed by atoms with Crippen LogP contribution in [-0.4, -0.2) is 31.3 Å². The third kappa shape index (κ3) is 2.33. The van der Waals surface area contributed by atoms with Crippen LogP contribution in [0.5, 0.6) is 0 Å². The SMILES string of the molecule is CCCC(C(=O)O)n1nnnc1-c1cccs1. The Balaban J connectivity index is 2.38. The van der Waals surface area contributed by atoms with Gasteiger partial charge in [0.1, 0.15) is 0 Å². The number of tetrazole rings is 1. The van der Waals surface area contributed by atoms with Gasteiger partial charge in [-0.1, -0.05) is 19.4 Å². The molecule has 0 saturated carbocycles. The number of carboxylic acid groups (broad SMARTS) is 1. The van der Waals surface area contributed by atoms with Gasteiger partial charge in [0.2, 0.25) is 0 Å². The Hall–Kier alpha value is -1.76. The molecular weight excluding hydrogens is 240 g/mol. The molecule has 7 heteroatoms. The highest BCUT2D eigenvalue weighted by atomic mass is 32.1. The minimum atomic E-state index is -0.906. The van der Waals surface area contributed by atoms with Crippen molar-refractivity contribution in [2.75, 3.05) is 0 Å². The zero-order valence-electron chi connectivity index (χ0n) is 9.28. The Kier molecular flexibility index (Phi) is 3.48. The predicted molar refractivity (Wildman–Crippen MR) is 62.7 cm³/mol. The van der Waals surface area contributed by atoms with Crippen molar-refractivity contribution in [3.8, 4) is 10.7 Å². The van der Waals surface area contributed by atoms with E-state index in [9.17, 15) is 9.90 Å². The number of hydrogen-bond donors (Lipinski definition) is 1. The van der Waals surface area contributed by atoms with Crippen LogP contribution in [0.2, 0.25) is 0 Å². The first kappa shape index (κ1) is 11.7. The molecule has 0 fully saturated rings.